The maximum absolute atomic E-state index is 9.07. The predicted molar refractivity (Wildman–Crippen MR) is 74.4 cm³/mol. The average Bonchev–Trinajstić information content (AvgIpc) is 2.39. The van der Waals surface area contributed by atoms with Gasteiger partial charge >= 0.3 is 0 Å². The summed E-state index contributed by atoms with van der Waals surface area (Å²) in [7, 11) is 1.71. The highest BCUT2D eigenvalue weighted by Gasteiger charge is 2.19. The number of ether oxygens (including phenoxy) is 1. The van der Waals surface area contributed by atoms with Crippen molar-refractivity contribution >= 4 is 0 Å². The summed E-state index contributed by atoms with van der Waals surface area (Å²) in [6.07, 6.45) is 1.79. The van der Waals surface area contributed by atoms with Crippen molar-refractivity contribution in [3.63, 3.8) is 0 Å². The van der Waals surface area contributed by atoms with Crippen molar-refractivity contribution in [2.75, 3.05) is 13.7 Å². The summed E-state index contributed by atoms with van der Waals surface area (Å²) in [6, 6.07) is 8.43. The van der Waals surface area contributed by atoms with E-state index in [2.05, 4.69) is 43.4 Å². The summed E-state index contributed by atoms with van der Waals surface area (Å²) >= 11 is 0. The van der Waals surface area contributed by atoms with Crippen LogP contribution in [-0.4, -0.2) is 24.4 Å². The van der Waals surface area contributed by atoms with Crippen LogP contribution < -0.4 is 5.32 Å². The molecule has 0 saturated carbocycles. The number of hydrogen-bond donors (Lipinski definition) is 2. The summed E-state index contributed by atoms with van der Waals surface area (Å²) in [5.41, 5.74) is 2.46. The molecule has 0 radical (unpaired) electrons. The molecule has 1 rings (SSSR count). The van der Waals surface area contributed by atoms with Gasteiger partial charge in [-0.1, -0.05) is 31.2 Å². The Hall–Kier alpha value is -0.900. The van der Waals surface area contributed by atoms with Crippen molar-refractivity contribution in [3.8, 4) is 0 Å². The van der Waals surface area contributed by atoms with E-state index in [-0.39, 0.29) is 12.1 Å². The zero-order chi connectivity index (χ0) is 13.4. The molecule has 1 aromatic carbocycles. The van der Waals surface area contributed by atoms with E-state index in [1.54, 1.807) is 7.11 Å². The van der Waals surface area contributed by atoms with Crippen molar-refractivity contribution in [1.29, 1.82) is 0 Å². The van der Waals surface area contributed by atoms with Crippen LogP contribution in [0.25, 0.3) is 0 Å². The Kier molecular flexibility index (Phi) is 6.33. The summed E-state index contributed by atoms with van der Waals surface area (Å²) < 4.78 is 5.09. The average molecular weight is 251 g/mol. The molecule has 3 heteroatoms. The van der Waals surface area contributed by atoms with Crippen molar-refractivity contribution in [3.05, 3.63) is 35.4 Å². The van der Waals surface area contributed by atoms with Gasteiger partial charge < -0.3 is 15.2 Å². The van der Waals surface area contributed by atoms with Crippen LogP contribution in [0.5, 0.6) is 0 Å². The molecular weight excluding hydrogens is 226 g/mol. The van der Waals surface area contributed by atoms with E-state index in [9.17, 15) is 0 Å². The first-order chi connectivity index (χ1) is 8.63. The van der Waals surface area contributed by atoms with E-state index in [1.807, 2.05) is 0 Å². The third kappa shape index (κ3) is 4.77. The van der Waals surface area contributed by atoms with Crippen molar-refractivity contribution in [1.82, 2.24) is 5.32 Å². The van der Waals surface area contributed by atoms with E-state index in [0.29, 0.717) is 6.61 Å². The Labute approximate surface area is 110 Å². The normalized spacial score (nSPS) is 14.4. The first-order valence-electron chi connectivity index (χ1n) is 6.56. The number of rotatable bonds is 8. The second-order valence-corrected chi connectivity index (χ2v) is 4.99. The van der Waals surface area contributed by atoms with Crippen LogP contribution in [0.3, 0.4) is 0 Å². The Balaban J connectivity index is 2.51. The van der Waals surface area contributed by atoms with Crippen molar-refractivity contribution in [2.24, 2.45) is 0 Å². The van der Waals surface area contributed by atoms with Gasteiger partial charge in [0, 0.05) is 25.8 Å². The maximum atomic E-state index is 9.07. The molecule has 3 nitrogen and oxygen atoms in total. The van der Waals surface area contributed by atoms with E-state index < -0.39 is 0 Å². The fourth-order valence-electron chi connectivity index (χ4n) is 1.87. The largest absolute Gasteiger partial charge is 0.396 e. The third-order valence-corrected chi connectivity index (χ3v) is 3.50. The van der Waals surface area contributed by atoms with E-state index in [4.69, 9.17) is 9.84 Å². The van der Waals surface area contributed by atoms with E-state index in [0.717, 1.165) is 19.4 Å². The summed E-state index contributed by atoms with van der Waals surface area (Å²) in [4.78, 5) is 0. The number of benzene rings is 1. The Morgan fingerprint density at radius 3 is 2.33 bits per heavy atom. The molecule has 1 unspecified atom stereocenters. The molecule has 0 amide bonds. The van der Waals surface area contributed by atoms with Crippen LogP contribution in [-0.2, 0) is 17.9 Å². The smallest absolute Gasteiger partial charge is 0.0713 e. The predicted octanol–water partition coefficient (Wildman–Crippen LogP) is 2.47. The quantitative estimate of drug-likeness (QED) is 0.746. The van der Waals surface area contributed by atoms with Crippen LogP contribution in [0.1, 0.15) is 37.8 Å². The highest BCUT2D eigenvalue weighted by atomic mass is 16.5. The second kappa shape index (κ2) is 7.52. The van der Waals surface area contributed by atoms with Crippen LogP contribution in [0, 0.1) is 0 Å². The SMILES string of the molecule is CCC(C)(CCO)NCc1ccc(COC)cc1. The van der Waals surface area contributed by atoms with Crippen LogP contribution in [0.15, 0.2) is 24.3 Å². The molecule has 2 N–H and O–H groups in total. The highest BCUT2D eigenvalue weighted by molar-refractivity contribution is 5.22. The molecule has 0 aliphatic heterocycles. The lowest BCUT2D eigenvalue weighted by Gasteiger charge is -2.29. The lowest BCUT2D eigenvalue weighted by molar-refractivity contribution is 0.185. The molecule has 0 heterocycles. The highest BCUT2D eigenvalue weighted by Crippen LogP contribution is 2.15. The topological polar surface area (TPSA) is 41.5 Å². The summed E-state index contributed by atoms with van der Waals surface area (Å²) in [6.45, 7) is 6.01. The molecule has 0 saturated heterocycles. The minimum Gasteiger partial charge on any atom is -0.396 e. The molecule has 0 fully saturated rings. The minimum atomic E-state index is 0.0138. The lowest BCUT2D eigenvalue weighted by atomic mass is 9.94. The molecule has 0 aromatic heterocycles. The third-order valence-electron chi connectivity index (χ3n) is 3.50. The van der Waals surface area contributed by atoms with Crippen LogP contribution in [0.2, 0.25) is 0 Å². The van der Waals surface area contributed by atoms with Gasteiger partial charge in [0.25, 0.3) is 0 Å². The van der Waals surface area contributed by atoms with E-state index >= 15 is 0 Å². The van der Waals surface area contributed by atoms with Gasteiger partial charge in [-0.05, 0) is 30.9 Å². The molecular formula is C15H25NO2. The number of aliphatic hydroxyl groups excluding tert-OH is 1. The fraction of sp³-hybridized carbons (Fsp3) is 0.600. The minimum absolute atomic E-state index is 0.0138. The Bertz CT molecular complexity index is 337. The van der Waals surface area contributed by atoms with Gasteiger partial charge in [-0.15, -0.1) is 0 Å². The van der Waals surface area contributed by atoms with Gasteiger partial charge in [-0.2, -0.15) is 0 Å². The molecule has 0 bridgehead atoms. The maximum Gasteiger partial charge on any atom is 0.0713 e. The summed E-state index contributed by atoms with van der Waals surface area (Å²) in [5.74, 6) is 0. The first-order valence-corrected chi connectivity index (χ1v) is 6.56. The van der Waals surface area contributed by atoms with E-state index in [1.165, 1.54) is 11.1 Å². The molecule has 1 aromatic rings. The molecule has 18 heavy (non-hydrogen) atoms. The molecule has 102 valence electrons. The van der Waals surface area contributed by atoms with Crippen LogP contribution in [0.4, 0.5) is 0 Å². The summed E-state index contributed by atoms with van der Waals surface area (Å²) in [5, 5.41) is 12.6. The van der Waals surface area contributed by atoms with Crippen LogP contribution >= 0.6 is 0 Å². The number of nitrogens with one attached hydrogen (secondary N) is 1. The molecule has 0 aliphatic rings. The van der Waals surface area contributed by atoms with Gasteiger partial charge in [0.2, 0.25) is 0 Å². The molecule has 1 atom stereocenters. The molecule has 0 spiro atoms. The van der Waals surface area contributed by atoms with Gasteiger partial charge in [-0.25, -0.2) is 0 Å². The zero-order valence-electron chi connectivity index (χ0n) is 11.7. The number of hydrogen-bond acceptors (Lipinski definition) is 3. The fourth-order valence-corrected chi connectivity index (χ4v) is 1.87. The number of aliphatic hydroxyl groups is 1. The molecule has 0 aliphatic carbocycles. The first kappa shape index (κ1) is 15.2. The Morgan fingerprint density at radius 1 is 1.22 bits per heavy atom. The Morgan fingerprint density at radius 2 is 1.83 bits per heavy atom. The standard InChI is InChI=1S/C15H25NO2/c1-4-15(2,9-10-17)16-11-13-5-7-14(8-6-13)12-18-3/h5-8,16-17H,4,9-12H2,1-3H3. The number of methoxy groups -OCH3 is 1. The van der Waals surface area contributed by atoms with Gasteiger partial charge in [-0.3, -0.25) is 0 Å². The van der Waals surface area contributed by atoms with Gasteiger partial charge in [0.15, 0.2) is 0 Å². The van der Waals surface area contributed by atoms with Gasteiger partial charge in [0.1, 0.15) is 0 Å². The van der Waals surface area contributed by atoms with Crippen molar-refractivity contribution < 1.29 is 9.84 Å². The second-order valence-electron chi connectivity index (χ2n) is 4.99. The lowest BCUT2D eigenvalue weighted by Crippen LogP contribution is -2.42. The van der Waals surface area contributed by atoms with Gasteiger partial charge in [0.05, 0.1) is 6.61 Å². The zero-order valence-corrected chi connectivity index (χ0v) is 11.7. The van der Waals surface area contributed by atoms with Crippen molar-refractivity contribution in [2.45, 2.75) is 45.4 Å². The monoisotopic (exact) mass is 251 g/mol.